The summed E-state index contributed by atoms with van der Waals surface area (Å²) in [6, 6.07) is 2.36. The fourth-order valence-corrected chi connectivity index (χ4v) is 7.51. The lowest BCUT2D eigenvalue weighted by atomic mass is 9.87. The van der Waals surface area contributed by atoms with E-state index in [1.807, 2.05) is 0 Å². The maximum absolute atomic E-state index is 13.2. The number of piperazine rings is 1. The largest absolute Gasteiger partial charge is 0.421 e. The number of aliphatic hydroxyl groups excluding tert-OH is 1. The molecule has 2 bridgehead atoms. The fraction of sp³-hybridized carbons (Fsp3) is 0.619. The number of halogens is 3. The predicted octanol–water partition coefficient (Wildman–Crippen LogP) is 0.631. The van der Waals surface area contributed by atoms with Gasteiger partial charge in [0.15, 0.2) is 5.60 Å². The monoisotopic (exact) mass is 549 g/mol. The number of aliphatic hydroxyl groups is 2. The molecule has 2 aromatic rings. The number of morpholine rings is 1. The summed E-state index contributed by atoms with van der Waals surface area (Å²) in [5, 5.41) is 21.9. The molecule has 5 rings (SSSR count). The first-order chi connectivity index (χ1) is 16.9. The Hall–Kier alpha value is -1.88. The first-order valence-electron chi connectivity index (χ1n) is 11.3. The Morgan fingerprint density at radius 2 is 1.86 bits per heavy atom. The molecule has 4 atom stereocenters. The number of hydrogen-bond acceptors (Lipinski definition) is 10. The number of hydrogen-bond donors (Lipinski definition) is 2. The first-order valence-corrected chi connectivity index (χ1v) is 13.7. The van der Waals surface area contributed by atoms with E-state index in [-0.39, 0.29) is 41.9 Å². The van der Waals surface area contributed by atoms with Gasteiger partial charge in [0.2, 0.25) is 5.95 Å². The van der Waals surface area contributed by atoms with Crippen LogP contribution in [0.25, 0.3) is 0 Å². The molecular formula is C21H26F3N5O5S2. The van der Waals surface area contributed by atoms with Crippen LogP contribution in [0.5, 0.6) is 0 Å². The Morgan fingerprint density at radius 3 is 2.42 bits per heavy atom. The van der Waals surface area contributed by atoms with E-state index >= 15 is 0 Å². The molecule has 3 fully saturated rings. The van der Waals surface area contributed by atoms with Crippen molar-refractivity contribution in [1.82, 2.24) is 19.2 Å². The molecule has 36 heavy (non-hydrogen) atoms. The number of sulfonamides is 1. The third-order valence-corrected chi connectivity index (χ3v) is 10.4. The molecule has 0 amide bonds. The molecule has 4 unspecified atom stereocenters. The van der Waals surface area contributed by atoms with Crippen molar-refractivity contribution in [3.8, 4) is 0 Å². The van der Waals surface area contributed by atoms with Crippen LogP contribution in [-0.2, 0) is 20.4 Å². The van der Waals surface area contributed by atoms with Gasteiger partial charge < -0.3 is 19.8 Å². The van der Waals surface area contributed by atoms with E-state index in [0.717, 1.165) is 23.7 Å². The van der Waals surface area contributed by atoms with Gasteiger partial charge in [0.1, 0.15) is 4.21 Å². The second-order valence-corrected chi connectivity index (χ2v) is 12.5. The topological polar surface area (TPSA) is 119 Å². The molecule has 0 aliphatic carbocycles. The summed E-state index contributed by atoms with van der Waals surface area (Å²) in [5.74, 6) is 0.136. The molecule has 2 aromatic heterocycles. The Bertz CT molecular complexity index is 1170. The van der Waals surface area contributed by atoms with E-state index < -0.39 is 39.5 Å². The lowest BCUT2D eigenvalue weighted by Crippen LogP contribution is -2.76. The van der Waals surface area contributed by atoms with Crippen LogP contribution < -0.4 is 4.90 Å². The lowest BCUT2D eigenvalue weighted by Gasteiger charge is -2.57. The molecule has 0 saturated carbocycles. The molecule has 5 heterocycles. The summed E-state index contributed by atoms with van der Waals surface area (Å²) in [7, 11) is -3.72. The second kappa shape index (κ2) is 9.15. The number of rotatable bonds is 6. The van der Waals surface area contributed by atoms with Crippen molar-refractivity contribution in [2.75, 3.05) is 44.3 Å². The van der Waals surface area contributed by atoms with Crippen LogP contribution in [0.2, 0.25) is 0 Å². The van der Waals surface area contributed by atoms with Crippen LogP contribution >= 0.6 is 11.3 Å². The molecular weight excluding hydrogens is 523 g/mol. The van der Waals surface area contributed by atoms with Crippen molar-refractivity contribution in [2.24, 2.45) is 0 Å². The fourth-order valence-electron chi connectivity index (χ4n) is 4.89. The van der Waals surface area contributed by atoms with Gasteiger partial charge in [-0.05, 0) is 18.4 Å². The predicted molar refractivity (Wildman–Crippen MR) is 123 cm³/mol. The smallest absolute Gasteiger partial charge is 0.390 e. The van der Waals surface area contributed by atoms with Gasteiger partial charge in [-0.15, -0.1) is 11.3 Å². The minimum Gasteiger partial charge on any atom is -0.390 e. The van der Waals surface area contributed by atoms with Crippen LogP contribution in [0.3, 0.4) is 0 Å². The molecule has 198 valence electrons. The highest BCUT2D eigenvalue weighted by atomic mass is 32.2. The van der Waals surface area contributed by atoms with Crippen LogP contribution in [0.15, 0.2) is 34.1 Å². The molecule has 0 spiro atoms. The third-order valence-electron chi connectivity index (χ3n) is 7.18. The van der Waals surface area contributed by atoms with E-state index in [2.05, 4.69) is 14.9 Å². The Kier molecular flexibility index (Phi) is 6.54. The Labute approximate surface area is 210 Å². The van der Waals surface area contributed by atoms with Crippen molar-refractivity contribution in [1.29, 1.82) is 0 Å². The van der Waals surface area contributed by atoms with Crippen LogP contribution in [0.1, 0.15) is 12.5 Å². The number of alkyl halides is 3. The van der Waals surface area contributed by atoms with Gasteiger partial charge >= 0.3 is 6.18 Å². The van der Waals surface area contributed by atoms with Gasteiger partial charge in [-0.25, -0.2) is 18.4 Å². The second-order valence-electron chi connectivity index (χ2n) is 9.34. The quantitative estimate of drug-likeness (QED) is 0.535. The average Bonchev–Trinajstić information content (AvgIpc) is 3.40. The maximum Gasteiger partial charge on any atom is 0.421 e. The number of fused-ring (bicyclic) bond motifs is 2. The summed E-state index contributed by atoms with van der Waals surface area (Å²) < 4.78 is 73.1. The summed E-state index contributed by atoms with van der Waals surface area (Å²) in [5.41, 5.74) is -3.60. The summed E-state index contributed by atoms with van der Waals surface area (Å²) >= 11 is 1.13. The highest BCUT2D eigenvalue weighted by Crippen LogP contribution is 2.38. The number of nitrogens with zero attached hydrogens (tertiary/aromatic N) is 5. The number of anilines is 1. The molecule has 0 radical (unpaired) electrons. The standard InChI is InChI=1S/C21H26F3N5O5S2/c1-20(31,21(22,23)24)13-7-25-19(26-8-13)28-5-4-27(36(32,33)17-3-2-6-35-17)9-14(28)10-29-15-11-34-12-16(29)18(15)30/h2-3,6-8,14-16,18,30-31H,4-5,9-12H2,1H3. The zero-order valence-electron chi connectivity index (χ0n) is 19.2. The van der Waals surface area contributed by atoms with E-state index in [0.29, 0.717) is 26.7 Å². The van der Waals surface area contributed by atoms with Gasteiger partial charge in [0.05, 0.1) is 37.4 Å². The SMILES string of the molecule is CC(O)(c1cnc(N2CCN(S(=O)(=O)c3cccs3)CC2CN2C3COCC2C3O)nc1)C(F)(F)F. The highest BCUT2D eigenvalue weighted by Gasteiger charge is 2.53. The van der Waals surface area contributed by atoms with Gasteiger partial charge in [0, 0.05) is 44.1 Å². The molecule has 2 N–H and O–H groups in total. The maximum atomic E-state index is 13.2. The van der Waals surface area contributed by atoms with Crippen molar-refractivity contribution >= 4 is 27.3 Å². The third kappa shape index (κ3) is 4.29. The molecule has 3 saturated heterocycles. The minimum atomic E-state index is -4.90. The van der Waals surface area contributed by atoms with Gasteiger partial charge in [0.25, 0.3) is 10.0 Å². The van der Waals surface area contributed by atoms with Crippen LogP contribution in [-0.4, -0.2) is 108 Å². The van der Waals surface area contributed by atoms with E-state index in [1.165, 1.54) is 4.31 Å². The van der Waals surface area contributed by atoms with E-state index in [4.69, 9.17) is 4.74 Å². The summed E-state index contributed by atoms with van der Waals surface area (Å²) in [6.45, 7) is 2.21. The molecule has 0 aromatic carbocycles. The zero-order chi connectivity index (χ0) is 25.9. The van der Waals surface area contributed by atoms with E-state index in [1.54, 1.807) is 22.4 Å². The minimum absolute atomic E-state index is 0.110. The molecule has 3 aliphatic heterocycles. The number of thiophene rings is 1. The average molecular weight is 550 g/mol. The molecule has 10 nitrogen and oxygen atoms in total. The summed E-state index contributed by atoms with van der Waals surface area (Å²) in [4.78, 5) is 12.0. The van der Waals surface area contributed by atoms with Crippen molar-refractivity contribution < 1.29 is 36.5 Å². The summed E-state index contributed by atoms with van der Waals surface area (Å²) in [6.07, 6.45) is -3.54. The van der Waals surface area contributed by atoms with Crippen LogP contribution in [0, 0.1) is 0 Å². The van der Waals surface area contributed by atoms with Gasteiger partial charge in [-0.3, -0.25) is 4.90 Å². The van der Waals surface area contributed by atoms with Crippen molar-refractivity contribution in [3.63, 3.8) is 0 Å². The number of aromatic nitrogens is 2. The lowest BCUT2D eigenvalue weighted by molar-refractivity contribution is -0.259. The van der Waals surface area contributed by atoms with Gasteiger partial charge in [-0.1, -0.05) is 6.07 Å². The zero-order valence-corrected chi connectivity index (χ0v) is 20.9. The molecule has 15 heteroatoms. The number of ether oxygens (including phenoxy) is 1. The van der Waals surface area contributed by atoms with Gasteiger partial charge in [-0.2, -0.15) is 17.5 Å². The first kappa shape index (κ1) is 25.8. The Morgan fingerprint density at radius 1 is 1.19 bits per heavy atom. The Balaban J connectivity index is 1.41. The molecule has 3 aliphatic rings. The van der Waals surface area contributed by atoms with Crippen LogP contribution in [0.4, 0.5) is 19.1 Å². The van der Waals surface area contributed by atoms with Crippen molar-refractivity contribution in [2.45, 2.75) is 47.1 Å². The van der Waals surface area contributed by atoms with E-state index in [9.17, 15) is 31.8 Å². The van der Waals surface area contributed by atoms with Crippen molar-refractivity contribution in [3.05, 3.63) is 35.5 Å². The normalized spacial score (nSPS) is 29.6. The highest BCUT2D eigenvalue weighted by molar-refractivity contribution is 7.91.